The Morgan fingerprint density at radius 3 is 1.92 bits per heavy atom. The average molecular weight is 721 g/mol. The van der Waals surface area contributed by atoms with Gasteiger partial charge in [-0.15, -0.1) is 16.5 Å². The van der Waals surface area contributed by atoms with E-state index in [-0.39, 0.29) is 24.5 Å². The van der Waals surface area contributed by atoms with Crippen molar-refractivity contribution in [2.75, 3.05) is 27.1 Å². The van der Waals surface area contributed by atoms with Gasteiger partial charge in [-0.25, -0.2) is 4.79 Å². The number of carbonyl (C=O) groups is 2. The summed E-state index contributed by atoms with van der Waals surface area (Å²) in [5, 5.41) is 22.9. The number of nitrogens with one attached hydrogen (secondary N) is 1. The predicted octanol–water partition coefficient (Wildman–Crippen LogP) is 6.44. The van der Waals surface area contributed by atoms with Gasteiger partial charge in [-0.2, -0.15) is 0 Å². The van der Waals surface area contributed by atoms with Crippen LogP contribution in [0, 0.1) is 11.8 Å². The molecule has 52 heavy (non-hydrogen) atoms. The molecule has 0 saturated heterocycles. The van der Waals surface area contributed by atoms with E-state index in [2.05, 4.69) is 17.2 Å². The van der Waals surface area contributed by atoms with Crippen LogP contribution in [0.2, 0.25) is 0 Å². The molecule has 4 aromatic carbocycles. The van der Waals surface area contributed by atoms with Gasteiger partial charge in [-0.1, -0.05) is 72.5 Å². The molecule has 1 aromatic heterocycles. The Balaban J connectivity index is 1.48. The third-order valence-corrected chi connectivity index (χ3v) is 9.80. The predicted molar refractivity (Wildman–Crippen MR) is 200 cm³/mol. The summed E-state index contributed by atoms with van der Waals surface area (Å²) >= 11 is 1.50. The first kappa shape index (κ1) is 37.3. The van der Waals surface area contributed by atoms with Gasteiger partial charge in [0, 0.05) is 37.3 Å². The van der Waals surface area contributed by atoms with Crippen LogP contribution in [0.25, 0.3) is 0 Å². The number of hydrogen-bond donors (Lipinski definition) is 3. The van der Waals surface area contributed by atoms with Crippen LogP contribution in [-0.4, -0.2) is 53.9 Å². The highest BCUT2D eigenvalue weighted by Gasteiger charge is 2.38. The highest BCUT2D eigenvalue weighted by molar-refractivity contribution is 8.00. The molecule has 0 radical (unpaired) electrons. The number of methoxy groups -OCH3 is 3. The minimum absolute atomic E-state index is 0.0507. The Morgan fingerprint density at radius 1 is 0.750 bits per heavy atom. The first-order valence-electron chi connectivity index (χ1n) is 16.5. The number of benzene rings is 4. The Hall–Kier alpha value is -5.99. The lowest BCUT2D eigenvalue weighted by atomic mass is 9.83. The van der Waals surface area contributed by atoms with E-state index in [4.69, 9.17) is 19.0 Å². The van der Waals surface area contributed by atoms with Gasteiger partial charge in [0.15, 0.2) is 0 Å². The van der Waals surface area contributed by atoms with Gasteiger partial charge in [-0.05, 0) is 58.7 Å². The van der Waals surface area contributed by atoms with Gasteiger partial charge in [0.25, 0.3) is 0 Å². The number of ether oxygens (including phenoxy) is 3. The molecule has 5 rings (SSSR count). The summed E-state index contributed by atoms with van der Waals surface area (Å²) in [7, 11) is 4.79. The van der Waals surface area contributed by atoms with Gasteiger partial charge >= 0.3 is 5.97 Å². The third kappa shape index (κ3) is 9.02. The van der Waals surface area contributed by atoms with Crippen LogP contribution in [0.3, 0.4) is 0 Å². The molecule has 0 fully saturated rings. The molecule has 0 aliphatic rings. The van der Waals surface area contributed by atoms with Crippen molar-refractivity contribution in [2.45, 2.75) is 30.6 Å². The lowest BCUT2D eigenvalue weighted by Gasteiger charge is -2.36. The van der Waals surface area contributed by atoms with Crippen molar-refractivity contribution in [1.82, 2.24) is 10.0 Å². The Morgan fingerprint density at radius 2 is 1.35 bits per heavy atom. The molecule has 0 atom stereocenters. The molecule has 0 bridgehead atoms. The minimum Gasteiger partial charge on any atom is -0.497 e. The second-order valence-electron chi connectivity index (χ2n) is 11.5. The standard InChI is InChI=1S/C41H40N2O8S/c1-48-34-18-13-31(14-19-34)41(32-15-20-35(49-2)21-16-32,52-26-25-40(47)51-43-38(45)23-24-39(43)46)33-17-22-36(50-3)30(27-33)11-7-8-12-37(44)42-28-29-9-5-4-6-10-29/h4-6,9-10,13-24,27,45-46H,8,12,25-26,28H2,1-3H3,(H,42,44). The van der Waals surface area contributed by atoms with E-state index < -0.39 is 22.5 Å². The van der Waals surface area contributed by atoms with Gasteiger partial charge in [0.2, 0.25) is 17.7 Å². The first-order chi connectivity index (χ1) is 25.3. The van der Waals surface area contributed by atoms with Crippen LogP contribution >= 0.6 is 11.8 Å². The zero-order chi connectivity index (χ0) is 36.9. The molecule has 0 unspecified atom stereocenters. The number of carbonyl (C=O) groups excluding carboxylic acids is 2. The average Bonchev–Trinajstić information content (AvgIpc) is 3.50. The second kappa shape index (κ2) is 17.8. The zero-order valence-electron chi connectivity index (χ0n) is 29.1. The molecule has 5 aromatic rings. The molecule has 0 saturated carbocycles. The topological polar surface area (TPSA) is 128 Å². The number of amides is 1. The van der Waals surface area contributed by atoms with E-state index in [1.54, 1.807) is 21.3 Å². The summed E-state index contributed by atoms with van der Waals surface area (Å²) < 4.78 is 16.4. The fraction of sp³-hybridized carbons (Fsp3) is 0.220. The lowest BCUT2D eigenvalue weighted by molar-refractivity contribution is -0.144. The van der Waals surface area contributed by atoms with Gasteiger partial charge in [0.1, 0.15) is 17.2 Å². The van der Waals surface area contributed by atoms with Crippen molar-refractivity contribution in [1.29, 1.82) is 0 Å². The van der Waals surface area contributed by atoms with E-state index in [9.17, 15) is 19.8 Å². The largest absolute Gasteiger partial charge is 0.497 e. The fourth-order valence-electron chi connectivity index (χ4n) is 5.58. The molecule has 0 spiro atoms. The highest BCUT2D eigenvalue weighted by Crippen LogP contribution is 2.50. The molecular formula is C41H40N2O8S. The normalized spacial score (nSPS) is 10.8. The van der Waals surface area contributed by atoms with E-state index in [1.165, 1.54) is 23.9 Å². The Bertz CT molecular complexity index is 1950. The fourth-order valence-corrected chi connectivity index (χ4v) is 7.05. The van der Waals surface area contributed by atoms with Crippen molar-refractivity contribution in [3.05, 3.63) is 137 Å². The summed E-state index contributed by atoms with van der Waals surface area (Å²) in [6.07, 6.45) is 0.540. The van der Waals surface area contributed by atoms with E-state index in [1.807, 2.05) is 97.1 Å². The second-order valence-corrected chi connectivity index (χ2v) is 12.8. The minimum atomic E-state index is -0.892. The first-order valence-corrected chi connectivity index (χ1v) is 17.5. The molecular weight excluding hydrogens is 681 g/mol. The van der Waals surface area contributed by atoms with Crippen LogP contribution in [-0.2, 0) is 20.9 Å². The molecule has 0 aliphatic carbocycles. The summed E-state index contributed by atoms with van der Waals surface area (Å²) in [5.41, 5.74) is 4.31. The highest BCUT2D eigenvalue weighted by atomic mass is 32.2. The summed E-state index contributed by atoms with van der Waals surface area (Å²) in [6, 6.07) is 33.4. The van der Waals surface area contributed by atoms with Crippen molar-refractivity contribution in [2.24, 2.45) is 0 Å². The molecule has 268 valence electrons. The van der Waals surface area contributed by atoms with Crippen molar-refractivity contribution in [3.63, 3.8) is 0 Å². The van der Waals surface area contributed by atoms with Gasteiger partial charge in [0.05, 0.1) is 38.1 Å². The number of rotatable bonds is 15. The summed E-state index contributed by atoms with van der Waals surface area (Å²) in [6.45, 7) is 0.453. The number of aromatic nitrogens is 1. The Kier molecular flexibility index (Phi) is 12.7. The number of aromatic hydroxyl groups is 2. The van der Waals surface area contributed by atoms with E-state index >= 15 is 0 Å². The molecule has 10 nitrogen and oxygen atoms in total. The summed E-state index contributed by atoms with van der Waals surface area (Å²) in [4.78, 5) is 30.7. The molecule has 3 N–H and O–H groups in total. The van der Waals surface area contributed by atoms with Crippen molar-refractivity contribution < 1.29 is 38.9 Å². The Labute approximate surface area is 307 Å². The SMILES string of the molecule is COc1ccc(C(SCCC(=O)On2c(O)ccc2O)(c2ccc(OC)cc2)c2ccc(OC)c(C#CCCC(=O)NCc3ccccc3)c2)cc1. The quantitative estimate of drug-likeness (QED) is 0.0827. The van der Waals surface area contributed by atoms with E-state index in [0.717, 1.165) is 22.3 Å². The molecule has 0 aliphatic heterocycles. The molecule has 1 amide bonds. The molecule has 1 heterocycles. The number of nitrogens with zero attached hydrogens (tertiary/aromatic N) is 1. The van der Waals surface area contributed by atoms with Gasteiger partial charge in [-0.3, -0.25) is 4.79 Å². The van der Waals surface area contributed by atoms with Crippen molar-refractivity contribution in [3.8, 4) is 40.8 Å². The number of hydrogen-bond acceptors (Lipinski definition) is 9. The number of thioether (sulfide) groups is 1. The van der Waals surface area contributed by atoms with Crippen LogP contribution in [0.15, 0.2) is 109 Å². The smallest absolute Gasteiger partial charge is 0.334 e. The third-order valence-electron chi connectivity index (χ3n) is 8.25. The maximum Gasteiger partial charge on any atom is 0.334 e. The maximum absolute atomic E-state index is 12.9. The van der Waals surface area contributed by atoms with Gasteiger partial charge < -0.3 is 34.6 Å². The molecule has 11 heteroatoms. The van der Waals surface area contributed by atoms with Crippen LogP contribution in [0.5, 0.6) is 29.0 Å². The zero-order valence-corrected chi connectivity index (χ0v) is 29.9. The maximum atomic E-state index is 12.9. The lowest BCUT2D eigenvalue weighted by Crippen LogP contribution is -2.27. The monoisotopic (exact) mass is 720 g/mol. The van der Waals surface area contributed by atoms with Crippen LogP contribution in [0.1, 0.15) is 47.1 Å². The van der Waals surface area contributed by atoms with Crippen molar-refractivity contribution >= 4 is 23.6 Å². The van der Waals surface area contributed by atoms with Crippen LogP contribution < -0.4 is 24.4 Å². The summed E-state index contributed by atoms with van der Waals surface area (Å²) in [5.74, 6) is 7.05. The van der Waals surface area contributed by atoms with E-state index in [0.29, 0.717) is 40.5 Å². The van der Waals surface area contributed by atoms with Crippen LogP contribution in [0.4, 0.5) is 0 Å².